The molecule has 0 aliphatic heterocycles. The molecule has 2 amide bonds. The molecule has 1 aliphatic rings. The van der Waals surface area contributed by atoms with E-state index in [0.29, 0.717) is 24.2 Å². The Morgan fingerprint density at radius 2 is 1.70 bits per heavy atom. The van der Waals surface area contributed by atoms with Crippen LogP contribution in [0.2, 0.25) is 0 Å². The highest BCUT2D eigenvalue weighted by molar-refractivity contribution is 5.96. The van der Waals surface area contributed by atoms with E-state index in [1.165, 1.54) is 0 Å². The Morgan fingerprint density at radius 1 is 1.11 bits per heavy atom. The average Bonchev–Trinajstić information content (AvgIpc) is 2.80. The van der Waals surface area contributed by atoms with Crippen LogP contribution in [0.5, 0.6) is 0 Å². The van der Waals surface area contributed by atoms with Crippen LogP contribution in [0, 0.1) is 23.0 Å². The number of aliphatic hydroxyl groups excluding tert-OH is 2. The van der Waals surface area contributed by atoms with E-state index in [9.17, 15) is 28.6 Å². The predicted molar refractivity (Wildman–Crippen MR) is 139 cm³/mol. The zero-order valence-electron chi connectivity index (χ0n) is 22.3. The summed E-state index contributed by atoms with van der Waals surface area (Å²) in [6, 6.07) is 3.07. The second-order valence-electron chi connectivity index (χ2n) is 10.1. The average molecular weight is 522 g/mol. The molecular formula is C28H41F2N3O4. The molecule has 0 heterocycles. The first-order chi connectivity index (χ1) is 17.4. The van der Waals surface area contributed by atoms with E-state index in [2.05, 4.69) is 5.32 Å². The summed E-state index contributed by atoms with van der Waals surface area (Å²) < 4.78 is 28.1. The topological polar surface area (TPSA) is 116 Å². The number of allylic oxidation sites excluding steroid dienone is 2. The number of benzene rings is 1. The van der Waals surface area contributed by atoms with Gasteiger partial charge in [-0.3, -0.25) is 9.59 Å². The molecule has 0 aromatic heterocycles. The Labute approximate surface area is 218 Å². The summed E-state index contributed by atoms with van der Waals surface area (Å²) in [5.74, 6) is -3.39. The van der Waals surface area contributed by atoms with E-state index in [0.717, 1.165) is 31.0 Å². The Balaban J connectivity index is 2.54. The van der Waals surface area contributed by atoms with Crippen molar-refractivity contribution < 1.29 is 28.6 Å². The van der Waals surface area contributed by atoms with Gasteiger partial charge >= 0.3 is 0 Å². The molecule has 0 saturated heterocycles. The van der Waals surface area contributed by atoms with Crippen molar-refractivity contribution in [3.63, 3.8) is 0 Å². The van der Waals surface area contributed by atoms with Crippen molar-refractivity contribution in [2.75, 3.05) is 26.2 Å². The highest BCUT2D eigenvalue weighted by Gasteiger charge is 2.48. The summed E-state index contributed by atoms with van der Waals surface area (Å²) in [4.78, 5) is 28.4. The van der Waals surface area contributed by atoms with Crippen LogP contribution < -0.4 is 11.1 Å². The van der Waals surface area contributed by atoms with Gasteiger partial charge in [-0.2, -0.15) is 0 Å². The Hall–Kier alpha value is -2.62. The summed E-state index contributed by atoms with van der Waals surface area (Å²) >= 11 is 0. The molecule has 0 spiro atoms. The molecule has 4 atom stereocenters. The number of rotatable bonds is 14. The number of nitrogens with zero attached hydrogens (tertiary/aromatic N) is 1. The van der Waals surface area contributed by atoms with Gasteiger partial charge in [0.25, 0.3) is 0 Å². The maximum atomic E-state index is 14.0. The lowest BCUT2D eigenvalue weighted by Gasteiger charge is -2.42. The molecule has 37 heavy (non-hydrogen) atoms. The van der Waals surface area contributed by atoms with Crippen LogP contribution in [0.15, 0.2) is 41.5 Å². The number of aliphatic hydroxyl groups is 2. The minimum atomic E-state index is -1.48. The van der Waals surface area contributed by atoms with E-state index < -0.39 is 41.1 Å². The second-order valence-corrected chi connectivity index (χ2v) is 10.1. The first-order valence-corrected chi connectivity index (χ1v) is 12.9. The van der Waals surface area contributed by atoms with E-state index >= 15 is 0 Å². The maximum absolute atomic E-state index is 14.0. The molecule has 9 heteroatoms. The molecule has 5 N–H and O–H groups in total. The smallest absolute Gasteiger partial charge is 0.249 e. The molecule has 7 nitrogen and oxygen atoms in total. The van der Waals surface area contributed by atoms with Crippen molar-refractivity contribution >= 4 is 11.8 Å². The van der Waals surface area contributed by atoms with Crippen LogP contribution in [0.4, 0.5) is 8.78 Å². The Kier molecular flexibility index (Phi) is 11.4. The van der Waals surface area contributed by atoms with E-state index in [4.69, 9.17) is 5.73 Å². The fraction of sp³-hybridized carbons (Fsp3) is 0.571. The van der Waals surface area contributed by atoms with Crippen LogP contribution in [0.1, 0.15) is 52.5 Å². The van der Waals surface area contributed by atoms with Gasteiger partial charge in [0, 0.05) is 43.7 Å². The summed E-state index contributed by atoms with van der Waals surface area (Å²) in [5, 5.41) is 23.8. The minimum absolute atomic E-state index is 0.0000701. The van der Waals surface area contributed by atoms with Crippen molar-refractivity contribution in [2.24, 2.45) is 17.1 Å². The zero-order chi connectivity index (χ0) is 27.8. The fourth-order valence-electron chi connectivity index (χ4n) is 5.14. The number of primary amides is 1. The molecule has 0 radical (unpaired) electrons. The highest BCUT2D eigenvalue weighted by Crippen LogP contribution is 2.44. The Morgan fingerprint density at radius 3 is 2.22 bits per heavy atom. The number of nitrogens with one attached hydrogen (secondary N) is 1. The highest BCUT2D eigenvalue weighted by atomic mass is 19.1. The lowest BCUT2D eigenvalue weighted by Crippen LogP contribution is -2.52. The van der Waals surface area contributed by atoms with E-state index in [-0.39, 0.29) is 37.4 Å². The van der Waals surface area contributed by atoms with E-state index in [1.54, 1.807) is 30.9 Å². The van der Waals surface area contributed by atoms with Crippen LogP contribution in [-0.4, -0.2) is 65.3 Å². The molecule has 1 aromatic carbocycles. The molecule has 0 fully saturated rings. The molecule has 2 rings (SSSR count). The largest absolute Gasteiger partial charge is 0.392 e. The van der Waals surface area contributed by atoms with Crippen LogP contribution in [-0.2, 0) is 16.0 Å². The maximum Gasteiger partial charge on any atom is 0.249 e. The quantitative estimate of drug-likeness (QED) is 0.301. The van der Waals surface area contributed by atoms with Gasteiger partial charge in [-0.25, -0.2) is 8.78 Å². The summed E-state index contributed by atoms with van der Waals surface area (Å²) in [6.07, 6.45) is 2.99. The summed E-state index contributed by atoms with van der Waals surface area (Å²) in [7, 11) is 0. The number of carbonyl (C=O) groups excluding carboxylic acids is 2. The van der Waals surface area contributed by atoms with Gasteiger partial charge in [-0.1, -0.05) is 31.6 Å². The third-order valence-corrected chi connectivity index (χ3v) is 6.68. The van der Waals surface area contributed by atoms with Gasteiger partial charge in [0.15, 0.2) is 0 Å². The van der Waals surface area contributed by atoms with Gasteiger partial charge < -0.3 is 26.2 Å². The number of hydrogen-bond acceptors (Lipinski definition) is 5. The van der Waals surface area contributed by atoms with Crippen molar-refractivity contribution in [3.8, 4) is 0 Å². The van der Waals surface area contributed by atoms with Crippen LogP contribution in [0.3, 0.4) is 0 Å². The number of halogens is 2. The normalized spacial score (nSPS) is 20.0. The fourth-order valence-corrected chi connectivity index (χ4v) is 5.14. The zero-order valence-corrected chi connectivity index (χ0v) is 22.3. The molecule has 206 valence electrons. The van der Waals surface area contributed by atoms with Gasteiger partial charge in [-0.15, -0.1) is 0 Å². The second kappa shape index (κ2) is 13.8. The minimum Gasteiger partial charge on any atom is -0.392 e. The standard InChI is InChI=1S/C28H41F2N3O4/c1-5-7-33(8-6-2)26(36)21-9-18(3)14-28(15-21,27(31)37)24(25(35)17-32-16-19(4)34)12-20-10-22(29)13-23(30)11-20/h9-11,13-14,19,24-25,32,34-35H,5-8,12,15-17H2,1-4H3,(H2,31,37)/t19-,24+,25-,28?/m0/s1. The number of hydrogen-bond donors (Lipinski definition) is 4. The van der Waals surface area contributed by atoms with Gasteiger partial charge in [0.2, 0.25) is 11.8 Å². The lowest BCUT2D eigenvalue weighted by atomic mass is 9.63. The van der Waals surface area contributed by atoms with Crippen LogP contribution in [0.25, 0.3) is 0 Å². The third kappa shape index (κ3) is 8.18. The summed E-state index contributed by atoms with van der Waals surface area (Å²) in [6.45, 7) is 8.63. The molecule has 1 unspecified atom stereocenters. The van der Waals surface area contributed by atoms with Crippen LogP contribution >= 0.6 is 0 Å². The molecular weight excluding hydrogens is 480 g/mol. The summed E-state index contributed by atoms with van der Waals surface area (Å²) in [5.41, 5.74) is 5.81. The number of nitrogens with two attached hydrogens (primary N) is 1. The molecule has 1 aromatic rings. The van der Waals surface area contributed by atoms with Gasteiger partial charge in [0.05, 0.1) is 17.6 Å². The molecule has 0 bridgehead atoms. The first-order valence-electron chi connectivity index (χ1n) is 12.9. The monoisotopic (exact) mass is 521 g/mol. The number of amides is 2. The van der Waals surface area contributed by atoms with Crippen molar-refractivity contribution in [2.45, 2.75) is 65.6 Å². The van der Waals surface area contributed by atoms with Gasteiger partial charge in [0.1, 0.15) is 11.6 Å². The van der Waals surface area contributed by atoms with Crippen molar-refractivity contribution in [3.05, 3.63) is 58.7 Å². The third-order valence-electron chi connectivity index (χ3n) is 6.68. The predicted octanol–water partition coefficient (Wildman–Crippen LogP) is 2.85. The lowest BCUT2D eigenvalue weighted by molar-refractivity contribution is -0.132. The molecule has 0 saturated carbocycles. The Bertz CT molecular complexity index is 985. The number of carbonyl (C=O) groups is 2. The van der Waals surface area contributed by atoms with E-state index in [1.807, 2.05) is 13.8 Å². The first kappa shape index (κ1) is 30.6. The van der Waals surface area contributed by atoms with Crippen molar-refractivity contribution in [1.82, 2.24) is 10.2 Å². The SMILES string of the molecule is CCCN(CCC)C(=O)C1=CC(C)=CC(C(N)=O)([C@H](Cc2cc(F)cc(F)c2)[C@@H](O)CNC[C@H](C)O)C1. The van der Waals surface area contributed by atoms with Gasteiger partial charge in [-0.05, 0) is 57.2 Å². The van der Waals surface area contributed by atoms with Crippen molar-refractivity contribution in [1.29, 1.82) is 0 Å². The molecule has 1 aliphatic carbocycles.